The monoisotopic (exact) mass is 828 g/mol. The van der Waals surface area contributed by atoms with Crippen LogP contribution in [0.5, 0.6) is 23.0 Å². The molecule has 49 heavy (non-hydrogen) atoms. The average molecular weight is 829 g/mol. The minimum atomic E-state index is -0.746. The molecule has 0 aliphatic rings. The summed E-state index contributed by atoms with van der Waals surface area (Å²) in [5.41, 5.74) is 3.02. The maximum absolute atomic E-state index is 16.0. The zero-order valence-corrected chi connectivity index (χ0v) is 27.9. The minimum Gasteiger partial charge on any atom is -0.503 e. The fourth-order valence-corrected chi connectivity index (χ4v) is 5.21. The summed E-state index contributed by atoms with van der Waals surface area (Å²) >= 11 is 0. The molecule has 8 aromatic rings. The Bertz CT molecular complexity index is 2250. The van der Waals surface area contributed by atoms with Gasteiger partial charge in [0.25, 0.3) is 0 Å². The van der Waals surface area contributed by atoms with E-state index in [9.17, 15) is 0 Å². The first-order valence-electron chi connectivity index (χ1n) is 14.3. The van der Waals surface area contributed by atoms with Gasteiger partial charge in [-0.05, 0) is 23.5 Å². The molecule has 0 radical (unpaired) electrons. The van der Waals surface area contributed by atoms with Crippen molar-refractivity contribution < 1.29 is 59.1 Å². The maximum atomic E-state index is 16.0. The van der Waals surface area contributed by atoms with E-state index in [1.54, 1.807) is 36.7 Å². The van der Waals surface area contributed by atoms with Crippen LogP contribution in [0.4, 0.5) is 8.78 Å². The van der Waals surface area contributed by atoms with E-state index in [-0.39, 0.29) is 80.1 Å². The van der Waals surface area contributed by atoms with Gasteiger partial charge in [0.2, 0.25) is 5.95 Å². The fraction of sp³-hybridized carbons (Fsp3) is 0. The molecule has 0 aliphatic carbocycles. The molecule has 4 aromatic heterocycles. The minimum absolute atomic E-state index is 0. The van der Waals surface area contributed by atoms with E-state index in [2.05, 4.69) is 49.2 Å². The molecule has 0 amide bonds. The summed E-state index contributed by atoms with van der Waals surface area (Å²) in [5.74, 6) is -0.726. The predicted octanol–water partition coefficient (Wildman–Crippen LogP) is 8.15. The molecule has 0 fully saturated rings. The molecule has 4 heterocycles. The number of ether oxygens (including phenoxy) is 2. The van der Waals surface area contributed by atoms with Gasteiger partial charge in [0.05, 0.1) is 0 Å². The van der Waals surface area contributed by atoms with E-state index in [0.29, 0.717) is 34.0 Å². The van der Waals surface area contributed by atoms with Crippen LogP contribution in [0.15, 0.2) is 110 Å². The summed E-state index contributed by atoms with van der Waals surface area (Å²) in [4.78, 5) is 21.1. The summed E-state index contributed by atoms with van der Waals surface area (Å²) in [5, 5.41) is -0.106. The van der Waals surface area contributed by atoms with Crippen LogP contribution in [0.3, 0.4) is 0 Å². The Hall–Kier alpha value is -5.23. The number of benzene rings is 4. The Labute approximate surface area is 306 Å². The molecule has 242 valence electrons. The van der Waals surface area contributed by atoms with Gasteiger partial charge < -0.3 is 24.0 Å². The third kappa shape index (κ3) is 6.73. The van der Waals surface area contributed by atoms with Crippen molar-refractivity contribution in [2.24, 2.45) is 0 Å². The van der Waals surface area contributed by atoms with Gasteiger partial charge in [0, 0.05) is 47.0 Å². The number of fused-ring (bicyclic) bond motifs is 3. The summed E-state index contributed by atoms with van der Waals surface area (Å²) in [6, 6.07) is 36.4. The van der Waals surface area contributed by atoms with Crippen LogP contribution < -0.4 is 9.47 Å². The molecule has 8 nitrogen and oxygen atoms in total. The van der Waals surface area contributed by atoms with Crippen molar-refractivity contribution in [2.45, 2.75) is 0 Å². The van der Waals surface area contributed by atoms with Crippen LogP contribution in [0.1, 0.15) is 0 Å². The van der Waals surface area contributed by atoms with E-state index in [1.165, 1.54) is 17.2 Å². The molecular formula is C37H18F2N6O2Pd2. The number of halogens is 2. The third-order valence-corrected chi connectivity index (χ3v) is 7.19. The van der Waals surface area contributed by atoms with Gasteiger partial charge in [0.1, 0.15) is 12.7 Å². The Morgan fingerprint density at radius 2 is 1.02 bits per heavy atom. The molecule has 0 saturated carbocycles. The molecule has 4 aromatic carbocycles. The fourth-order valence-electron chi connectivity index (χ4n) is 5.21. The topological polar surface area (TPSA) is 87.8 Å². The van der Waals surface area contributed by atoms with E-state index in [4.69, 9.17) is 9.47 Å². The number of hydrogen-bond acceptors (Lipinski definition) is 7. The van der Waals surface area contributed by atoms with Crippen molar-refractivity contribution in [1.82, 2.24) is 29.5 Å². The second kappa shape index (κ2) is 14.5. The smallest absolute Gasteiger partial charge is 0.503 e. The van der Waals surface area contributed by atoms with Gasteiger partial charge in [0.15, 0.2) is 0 Å². The van der Waals surface area contributed by atoms with Gasteiger partial charge in [-0.15, -0.1) is 70.4 Å². The standard InChI is InChI=1S/C37H18F2N6O2.2Pd/c38-29-17-27(46-25-9-5-7-23(15-25)31-11-1-3-13-41-31)19-33-35(29)36-30(39)18-28(20-34(36)45(33)37-43-21-40-22-44-37)47-26-10-6-8-24(16-26)32-12-2-4-14-42-32;;/h1-14,17-18,21-22H;;/q-4;2*+2. The van der Waals surface area contributed by atoms with Gasteiger partial charge in [-0.3, -0.25) is 0 Å². The average Bonchev–Trinajstić information content (AvgIpc) is 3.44. The van der Waals surface area contributed by atoms with E-state index in [1.807, 2.05) is 48.5 Å². The van der Waals surface area contributed by atoms with Gasteiger partial charge in [-0.25, -0.2) is 23.7 Å². The van der Waals surface area contributed by atoms with Gasteiger partial charge in [-0.1, -0.05) is 59.6 Å². The number of rotatable bonds is 7. The Balaban J connectivity index is 0.00000208. The van der Waals surface area contributed by atoms with Crippen molar-refractivity contribution in [3.05, 3.63) is 146 Å². The van der Waals surface area contributed by atoms with Crippen LogP contribution in [0.2, 0.25) is 0 Å². The summed E-state index contributed by atoms with van der Waals surface area (Å²) in [6.45, 7) is 0. The summed E-state index contributed by atoms with van der Waals surface area (Å²) in [6.07, 6.45) is 5.92. The van der Waals surface area contributed by atoms with E-state index in [0.717, 1.165) is 12.1 Å². The van der Waals surface area contributed by atoms with Crippen molar-refractivity contribution >= 4 is 21.8 Å². The van der Waals surface area contributed by atoms with E-state index < -0.39 is 11.6 Å². The quantitative estimate of drug-likeness (QED) is 0.118. The molecule has 0 spiro atoms. The first-order chi connectivity index (χ1) is 23.1. The normalized spacial score (nSPS) is 10.7. The maximum Gasteiger partial charge on any atom is 2.00 e. The Morgan fingerprint density at radius 1 is 0.531 bits per heavy atom. The van der Waals surface area contributed by atoms with Gasteiger partial charge in [-0.2, -0.15) is 0 Å². The van der Waals surface area contributed by atoms with Crippen LogP contribution in [0.25, 0.3) is 50.3 Å². The SMILES string of the molecule is Fc1cc(Oc2[c-]c(-c3ccccn3)ccc2)[c-]c2c1c1c(F)cc(Oc3[c-]c(-c4ccccn4)ccc3)[c-]c1n2-c1ncncn1.[Pd+2].[Pd+2]. The second-order valence-corrected chi connectivity index (χ2v) is 10.2. The largest absolute Gasteiger partial charge is 2.00 e. The van der Waals surface area contributed by atoms with Crippen LogP contribution in [-0.4, -0.2) is 29.5 Å². The Kier molecular flexibility index (Phi) is 9.96. The first kappa shape index (κ1) is 33.7. The van der Waals surface area contributed by atoms with Crippen LogP contribution in [-0.2, 0) is 40.8 Å². The summed E-state index contributed by atoms with van der Waals surface area (Å²) < 4.78 is 45.4. The number of pyridine rings is 2. The molecule has 0 saturated heterocycles. The van der Waals surface area contributed by atoms with Crippen molar-refractivity contribution in [2.75, 3.05) is 0 Å². The number of hydrogen-bond donors (Lipinski definition) is 0. The van der Waals surface area contributed by atoms with E-state index >= 15 is 8.78 Å². The predicted molar refractivity (Wildman–Crippen MR) is 169 cm³/mol. The first-order valence-corrected chi connectivity index (χ1v) is 14.3. The third-order valence-electron chi connectivity index (χ3n) is 7.19. The molecular weight excluding hydrogens is 811 g/mol. The zero-order chi connectivity index (χ0) is 31.7. The molecule has 0 N–H and O–H groups in total. The molecule has 8 rings (SSSR count). The molecule has 0 unspecified atom stereocenters. The van der Waals surface area contributed by atoms with Crippen LogP contribution >= 0.6 is 0 Å². The summed E-state index contributed by atoms with van der Waals surface area (Å²) in [7, 11) is 0. The zero-order valence-electron chi connectivity index (χ0n) is 24.8. The number of aromatic nitrogens is 6. The molecule has 0 bridgehead atoms. The number of nitrogens with zero attached hydrogens (tertiary/aromatic N) is 6. The van der Waals surface area contributed by atoms with Crippen molar-refractivity contribution in [3.63, 3.8) is 0 Å². The molecule has 0 atom stereocenters. The molecule has 12 heteroatoms. The van der Waals surface area contributed by atoms with Crippen molar-refractivity contribution in [1.29, 1.82) is 0 Å². The molecule has 0 aliphatic heterocycles. The van der Waals surface area contributed by atoms with Crippen molar-refractivity contribution in [3.8, 4) is 51.5 Å². The van der Waals surface area contributed by atoms with Crippen LogP contribution in [0, 0.1) is 35.9 Å². The van der Waals surface area contributed by atoms with Gasteiger partial charge >= 0.3 is 40.8 Å². The second-order valence-electron chi connectivity index (χ2n) is 10.2. The Morgan fingerprint density at radius 3 is 1.47 bits per heavy atom.